The van der Waals surface area contributed by atoms with Crippen LogP contribution < -0.4 is 5.32 Å². The van der Waals surface area contributed by atoms with Crippen LogP contribution in [0.5, 0.6) is 0 Å². The fraction of sp³-hybridized carbons (Fsp3) is 0.308. The molecule has 0 bridgehead atoms. The molecule has 0 saturated heterocycles. The molecule has 3 nitrogen and oxygen atoms in total. The van der Waals surface area contributed by atoms with E-state index >= 15 is 0 Å². The average molecular weight is 294 g/mol. The molecule has 0 radical (unpaired) electrons. The second-order valence-electron chi connectivity index (χ2n) is 4.12. The van der Waals surface area contributed by atoms with Crippen LogP contribution in [-0.2, 0) is 0 Å². The third-order valence-corrected chi connectivity index (χ3v) is 3.35. The molecule has 2 rings (SSSR count). The minimum Gasteiger partial charge on any atom is -0.313 e. The van der Waals surface area contributed by atoms with E-state index in [0.717, 1.165) is 15.9 Å². The largest absolute Gasteiger partial charge is 0.313 e. The second kappa shape index (κ2) is 5.02. The zero-order valence-corrected chi connectivity index (χ0v) is 11.8. The monoisotopic (exact) mass is 293 g/mol. The third kappa shape index (κ3) is 2.58. The lowest BCUT2D eigenvalue weighted by molar-refractivity contribution is 0.643. The van der Waals surface area contributed by atoms with E-state index in [2.05, 4.69) is 45.4 Å². The van der Waals surface area contributed by atoms with Gasteiger partial charge in [0.25, 0.3) is 0 Å². The van der Waals surface area contributed by atoms with E-state index in [9.17, 15) is 0 Å². The van der Waals surface area contributed by atoms with Gasteiger partial charge < -0.3 is 5.32 Å². The van der Waals surface area contributed by atoms with Crippen LogP contribution in [0.1, 0.15) is 24.2 Å². The first-order chi connectivity index (χ1) is 8.11. The lowest BCUT2D eigenvalue weighted by Crippen LogP contribution is -2.15. The van der Waals surface area contributed by atoms with Gasteiger partial charge in [0.15, 0.2) is 0 Å². The number of hydrogen-bond acceptors (Lipinski definition) is 2. The minimum atomic E-state index is 0.284. The summed E-state index contributed by atoms with van der Waals surface area (Å²) in [7, 11) is 1.96. The SMILES string of the molecule is CNC(C)c1cc(Br)ccc1-n1ccc(C)n1. The number of aryl methyl sites for hydroxylation is 1. The second-order valence-corrected chi connectivity index (χ2v) is 5.03. The molecule has 1 heterocycles. The van der Waals surface area contributed by atoms with Gasteiger partial charge >= 0.3 is 0 Å². The number of nitrogens with one attached hydrogen (secondary N) is 1. The van der Waals surface area contributed by atoms with Gasteiger partial charge in [-0.1, -0.05) is 15.9 Å². The van der Waals surface area contributed by atoms with Gasteiger partial charge in [-0.15, -0.1) is 0 Å². The van der Waals surface area contributed by atoms with Crippen molar-refractivity contribution in [3.05, 3.63) is 46.2 Å². The van der Waals surface area contributed by atoms with Crippen molar-refractivity contribution in [3.8, 4) is 5.69 Å². The van der Waals surface area contributed by atoms with Gasteiger partial charge in [-0.25, -0.2) is 4.68 Å². The Hall–Kier alpha value is -1.13. The Morgan fingerprint density at radius 3 is 2.71 bits per heavy atom. The van der Waals surface area contributed by atoms with Gasteiger partial charge in [-0.3, -0.25) is 0 Å². The molecular formula is C13H16BrN3. The normalized spacial score (nSPS) is 12.7. The predicted molar refractivity (Wildman–Crippen MR) is 73.5 cm³/mol. The van der Waals surface area contributed by atoms with Gasteiger partial charge in [0.05, 0.1) is 11.4 Å². The van der Waals surface area contributed by atoms with Crippen LogP contribution in [0.25, 0.3) is 5.69 Å². The first kappa shape index (κ1) is 12.3. The van der Waals surface area contributed by atoms with Crippen molar-refractivity contribution in [2.24, 2.45) is 0 Å². The standard InChI is InChI=1S/C13H16BrN3/c1-9-6-7-17(16-9)13-5-4-11(14)8-12(13)10(2)15-3/h4-8,10,15H,1-3H3. The Morgan fingerprint density at radius 1 is 1.35 bits per heavy atom. The van der Waals surface area contributed by atoms with Gasteiger partial charge in [0.1, 0.15) is 0 Å². The van der Waals surface area contributed by atoms with Crippen molar-refractivity contribution in [1.82, 2.24) is 15.1 Å². The lowest BCUT2D eigenvalue weighted by Gasteiger charge is -2.16. The smallest absolute Gasteiger partial charge is 0.0694 e. The van der Waals surface area contributed by atoms with E-state index in [1.165, 1.54) is 5.56 Å². The Labute approximate surface area is 110 Å². The number of halogens is 1. The third-order valence-electron chi connectivity index (χ3n) is 2.86. The molecule has 1 aromatic heterocycles. The summed E-state index contributed by atoms with van der Waals surface area (Å²) in [5.41, 5.74) is 3.36. The Balaban J connectivity index is 2.53. The molecule has 1 unspecified atom stereocenters. The van der Waals surface area contributed by atoms with Crippen LogP contribution in [0, 0.1) is 6.92 Å². The molecule has 1 N–H and O–H groups in total. The number of rotatable bonds is 3. The summed E-state index contributed by atoms with van der Waals surface area (Å²) in [5.74, 6) is 0. The molecule has 90 valence electrons. The molecule has 0 spiro atoms. The molecule has 0 aliphatic rings. The predicted octanol–water partition coefficient (Wildman–Crippen LogP) is 3.22. The highest BCUT2D eigenvalue weighted by atomic mass is 79.9. The summed E-state index contributed by atoms with van der Waals surface area (Å²) in [5, 5.41) is 7.72. The summed E-state index contributed by atoms with van der Waals surface area (Å²) in [6, 6.07) is 8.55. The maximum absolute atomic E-state index is 4.46. The van der Waals surface area contributed by atoms with Gasteiger partial charge in [-0.05, 0) is 50.7 Å². The molecular weight excluding hydrogens is 278 g/mol. The van der Waals surface area contributed by atoms with Crippen molar-refractivity contribution in [3.63, 3.8) is 0 Å². The molecule has 17 heavy (non-hydrogen) atoms. The van der Waals surface area contributed by atoms with E-state index < -0.39 is 0 Å². The summed E-state index contributed by atoms with van der Waals surface area (Å²) in [6.45, 7) is 4.14. The first-order valence-corrected chi connectivity index (χ1v) is 6.40. The number of benzene rings is 1. The van der Waals surface area contributed by atoms with Crippen LogP contribution in [0.15, 0.2) is 34.9 Å². The molecule has 0 saturated carbocycles. The van der Waals surface area contributed by atoms with Crippen LogP contribution in [-0.4, -0.2) is 16.8 Å². The Morgan fingerprint density at radius 2 is 2.12 bits per heavy atom. The average Bonchev–Trinajstić information content (AvgIpc) is 2.74. The lowest BCUT2D eigenvalue weighted by atomic mass is 10.1. The van der Waals surface area contributed by atoms with Crippen LogP contribution >= 0.6 is 15.9 Å². The minimum absolute atomic E-state index is 0.284. The first-order valence-electron chi connectivity index (χ1n) is 5.61. The Bertz CT molecular complexity index is 519. The van der Waals surface area contributed by atoms with Crippen molar-refractivity contribution in [2.45, 2.75) is 19.9 Å². The van der Waals surface area contributed by atoms with E-state index in [1.54, 1.807) is 0 Å². The van der Waals surface area contributed by atoms with E-state index in [0.29, 0.717) is 0 Å². The quantitative estimate of drug-likeness (QED) is 0.942. The van der Waals surface area contributed by atoms with Gasteiger partial charge in [0, 0.05) is 16.7 Å². The highest BCUT2D eigenvalue weighted by Gasteiger charge is 2.11. The zero-order chi connectivity index (χ0) is 12.4. The maximum atomic E-state index is 4.46. The summed E-state index contributed by atoms with van der Waals surface area (Å²) in [6.07, 6.45) is 1.99. The van der Waals surface area contributed by atoms with E-state index in [-0.39, 0.29) is 6.04 Å². The van der Waals surface area contributed by atoms with E-state index in [1.807, 2.05) is 37.0 Å². The van der Waals surface area contributed by atoms with E-state index in [4.69, 9.17) is 0 Å². The van der Waals surface area contributed by atoms with Crippen molar-refractivity contribution < 1.29 is 0 Å². The van der Waals surface area contributed by atoms with Crippen molar-refractivity contribution in [2.75, 3.05) is 7.05 Å². The molecule has 4 heteroatoms. The van der Waals surface area contributed by atoms with Crippen molar-refractivity contribution >= 4 is 15.9 Å². The van der Waals surface area contributed by atoms with Crippen LogP contribution in [0.4, 0.5) is 0 Å². The summed E-state index contributed by atoms with van der Waals surface area (Å²) >= 11 is 3.51. The number of nitrogens with zero attached hydrogens (tertiary/aromatic N) is 2. The molecule has 0 fully saturated rings. The molecule has 0 amide bonds. The van der Waals surface area contributed by atoms with Gasteiger partial charge in [0.2, 0.25) is 0 Å². The topological polar surface area (TPSA) is 29.9 Å². The van der Waals surface area contributed by atoms with Gasteiger partial charge in [-0.2, -0.15) is 5.10 Å². The van der Waals surface area contributed by atoms with Crippen LogP contribution in [0.3, 0.4) is 0 Å². The molecule has 2 aromatic rings. The molecule has 1 aromatic carbocycles. The maximum Gasteiger partial charge on any atom is 0.0694 e. The van der Waals surface area contributed by atoms with Crippen molar-refractivity contribution in [1.29, 1.82) is 0 Å². The summed E-state index contributed by atoms with van der Waals surface area (Å²) in [4.78, 5) is 0. The van der Waals surface area contributed by atoms with Crippen LogP contribution in [0.2, 0.25) is 0 Å². The molecule has 0 aliphatic carbocycles. The highest BCUT2D eigenvalue weighted by molar-refractivity contribution is 9.10. The Kier molecular flexibility index (Phi) is 3.64. The highest BCUT2D eigenvalue weighted by Crippen LogP contribution is 2.25. The zero-order valence-electron chi connectivity index (χ0n) is 10.2. The number of hydrogen-bond donors (Lipinski definition) is 1. The fourth-order valence-corrected chi connectivity index (χ4v) is 2.16. The fourth-order valence-electron chi connectivity index (χ4n) is 1.79. The number of aromatic nitrogens is 2. The summed E-state index contributed by atoms with van der Waals surface area (Å²) < 4.78 is 3.01. The molecule has 1 atom stereocenters. The molecule has 0 aliphatic heterocycles.